The number of benzene rings is 6. The molecule has 19 N–H and O–H groups in total. The quantitative estimate of drug-likeness (QED) is 0.0671. The Balaban J connectivity index is 1.42. The number of hydrogen-bond donors (Lipinski definition) is 19. The van der Waals surface area contributed by atoms with Gasteiger partial charge in [-0.05, 0) is 24.3 Å². The number of carbonyl (C=O) groups excluding carboxylic acids is 5. The fraction of sp³-hybridized carbons (Fsp3) is 0.125. The highest BCUT2D eigenvalue weighted by molar-refractivity contribution is 6.17. The number of ether oxygens (including phenoxy) is 5. The van der Waals surface area contributed by atoms with Crippen molar-refractivity contribution < 1.29 is 149 Å². The standard InChI is InChI=1S/C48H30O30/c49-10-1-6(43(67)68)15(30(57)26(10)53)23-22-25-21(36(63)39(66)37(22)64)20-24-19(34(61)38(65)35(20)62)18-9(4-13(52)29(56)33(18)60)45(70)75-14-5-74-44(69)7-2-11(50)27(54)31(58)16(7)17-8(3-12(51)28(55)32(17)59)46(71)76-40(14)42(78-48(24)73)41(23)77-47(25)72/h1-4,14,23,40-42,49-66H,5H2,(H,67,68)/t14-,23+,40-,41+,42+/m1/s1. The van der Waals surface area contributed by atoms with Gasteiger partial charge in [0, 0.05) is 44.5 Å². The number of carboxylic acid groups (broad SMARTS) is 1. The Labute approximate surface area is 427 Å². The molecule has 5 atom stereocenters. The molecule has 0 fully saturated rings. The van der Waals surface area contributed by atoms with E-state index in [0.717, 1.165) is 0 Å². The summed E-state index contributed by atoms with van der Waals surface area (Å²) < 4.78 is 28.6. The fourth-order valence-corrected chi connectivity index (χ4v) is 9.87. The first-order valence-corrected chi connectivity index (χ1v) is 21.6. The predicted octanol–water partition coefficient (Wildman–Crippen LogP) is 2.23. The molecule has 6 aromatic carbocycles. The number of phenolic OH excluding ortho intramolecular Hbond substituents is 18. The molecule has 5 aliphatic heterocycles. The molecular weight excluding hydrogens is 1060 g/mol. The van der Waals surface area contributed by atoms with E-state index >= 15 is 9.59 Å². The van der Waals surface area contributed by atoms with Crippen LogP contribution in [0.5, 0.6) is 103 Å². The molecule has 402 valence electrons. The SMILES string of the molecule is O=C1OC[C@H]2OC(=O)c3cc(O)c(O)c(O)c3-c3c(O)c(O)c(O)c4c3C(=O)O[C@H]([C@H]3OC(=O)c5c-4c(O)c(O)c(O)c5[C@@H]3c3c(C(=O)O)cc(O)c(O)c3O)[C@@H]2OC(=O)c2cc(O)c(O)c(O)c2-c2c1cc(O)c(O)c2O. The summed E-state index contributed by atoms with van der Waals surface area (Å²) in [4.78, 5) is 87.8. The van der Waals surface area contributed by atoms with Crippen LogP contribution in [0, 0.1) is 0 Å². The molecule has 78 heavy (non-hydrogen) atoms. The number of rotatable bonds is 2. The van der Waals surface area contributed by atoms with Crippen LogP contribution in [0.25, 0.3) is 33.4 Å². The van der Waals surface area contributed by atoms with Crippen LogP contribution in [0.2, 0.25) is 0 Å². The second-order valence-corrected chi connectivity index (χ2v) is 17.4. The van der Waals surface area contributed by atoms with Gasteiger partial charge in [-0.15, -0.1) is 0 Å². The first-order chi connectivity index (χ1) is 36.6. The Kier molecular flexibility index (Phi) is 10.8. The summed E-state index contributed by atoms with van der Waals surface area (Å²) in [6, 6.07) is 1.11. The molecule has 0 radical (unpaired) electrons. The lowest BCUT2D eigenvalue weighted by Gasteiger charge is -2.43. The van der Waals surface area contributed by atoms with Gasteiger partial charge >= 0.3 is 35.8 Å². The molecule has 0 spiro atoms. The van der Waals surface area contributed by atoms with E-state index in [1.54, 1.807) is 0 Å². The molecule has 0 saturated carbocycles. The topological polar surface area (TPSA) is 533 Å². The Morgan fingerprint density at radius 2 is 0.705 bits per heavy atom. The minimum atomic E-state index is -3.10. The number of aromatic carboxylic acids is 1. The lowest BCUT2D eigenvalue weighted by Crippen LogP contribution is -2.56. The average Bonchev–Trinajstić information content (AvgIpc) is 3.46. The normalized spacial score (nSPS) is 19.2. The van der Waals surface area contributed by atoms with Gasteiger partial charge in [0.1, 0.15) is 6.61 Å². The van der Waals surface area contributed by atoms with Crippen molar-refractivity contribution in [3.63, 3.8) is 0 Å². The molecule has 5 heterocycles. The predicted molar refractivity (Wildman–Crippen MR) is 241 cm³/mol. The highest BCUT2D eigenvalue weighted by Crippen LogP contribution is 2.64. The number of carboxylic acids is 1. The highest BCUT2D eigenvalue weighted by Gasteiger charge is 2.57. The molecule has 0 aromatic heterocycles. The molecule has 0 amide bonds. The molecule has 5 aliphatic rings. The minimum absolute atomic E-state index is 0.251. The zero-order valence-electron chi connectivity index (χ0n) is 37.9. The summed E-state index contributed by atoms with van der Waals surface area (Å²) in [5.74, 6) is -44.2. The van der Waals surface area contributed by atoms with Crippen molar-refractivity contribution in [1.82, 2.24) is 0 Å². The number of fused-ring (bicyclic) bond motifs is 7. The van der Waals surface area contributed by atoms with E-state index in [-0.39, 0.29) is 18.2 Å². The number of hydrogen-bond acceptors (Lipinski definition) is 29. The highest BCUT2D eigenvalue weighted by atomic mass is 16.6. The maximum absolute atomic E-state index is 15.5. The van der Waals surface area contributed by atoms with Gasteiger partial charge in [0.05, 0.1) is 39.3 Å². The van der Waals surface area contributed by atoms with Crippen molar-refractivity contribution >= 4 is 35.8 Å². The zero-order chi connectivity index (χ0) is 56.9. The number of aromatic hydroxyl groups is 18. The van der Waals surface area contributed by atoms with Gasteiger partial charge in [0.2, 0.25) is 34.5 Å². The van der Waals surface area contributed by atoms with Crippen molar-refractivity contribution in [3.8, 4) is 137 Å². The van der Waals surface area contributed by atoms with E-state index in [0.29, 0.717) is 6.07 Å². The van der Waals surface area contributed by atoms with Crippen LogP contribution in [0.3, 0.4) is 0 Å². The summed E-state index contributed by atoms with van der Waals surface area (Å²) in [6.07, 6.45) is -11.9. The Morgan fingerprint density at radius 3 is 1.22 bits per heavy atom. The molecule has 0 unspecified atom stereocenters. The summed E-state index contributed by atoms with van der Waals surface area (Å²) in [5, 5.41) is 212. The third kappa shape index (κ3) is 6.68. The van der Waals surface area contributed by atoms with E-state index in [2.05, 4.69) is 0 Å². The van der Waals surface area contributed by atoms with Crippen LogP contribution in [0.15, 0.2) is 24.3 Å². The lowest BCUT2D eigenvalue weighted by atomic mass is 9.73. The molecule has 0 aliphatic carbocycles. The minimum Gasteiger partial charge on any atom is -0.504 e. The van der Waals surface area contributed by atoms with E-state index in [1.807, 2.05) is 0 Å². The van der Waals surface area contributed by atoms with E-state index in [9.17, 15) is 116 Å². The Hall–Kier alpha value is -11.5. The number of carbonyl (C=O) groups is 6. The third-order valence-electron chi connectivity index (χ3n) is 13.3. The summed E-state index contributed by atoms with van der Waals surface area (Å²) >= 11 is 0. The van der Waals surface area contributed by atoms with Gasteiger partial charge in [-0.2, -0.15) is 0 Å². The first-order valence-electron chi connectivity index (χ1n) is 21.6. The first kappa shape index (κ1) is 50.1. The van der Waals surface area contributed by atoms with Gasteiger partial charge in [-0.25, -0.2) is 28.8 Å². The van der Waals surface area contributed by atoms with Crippen LogP contribution < -0.4 is 0 Å². The molecule has 0 saturated heterocycles. The van der Waals surface area contributed by atoms with Gasteiger partial charge in [0.25, 0.3) is 0 Å². The van der Waals surface area contributed by atoms with Gasteiger partial charge < -0.3 is 121 Å². The molecule has 30 heteroatoms. The smallest absolute Gasteiger partial charge is 0.340 e. The van der Waals surface area contributed by atoms with Crippen LogP contribution in [-0.4, -0.2) is 164 Å². The third-order valence-corrected chi connectivity index (χ3v) is 13.3. The second kappa shape index (κ2) is 16.8. The molecular formula is C48H30O30. The maximum atomic E-state index is 15.5. The summed E-state index contributed by atoms with van der Waals surface area (Å²) in [6.45, 7) is -1.68. The molecule has 6 aromatic rings. The van der Waals surface area contributed by atoms with Crippen molar-refractivity contribution in [3.05, 3.63) is 68.8 Å². The molecule has 30 nitrogen and oxygen atoms in total. The van der Waals surface area contributed by atoms with E-state index in [1.165, 1.54) is 0 Å². The van der Waals surface area contributed by atoms with Crippen LogP contribution >= 0.6 is 0 Å². The van der Waals surface area contributed by atoms with E-state index < -0.39 is 254 Å². The van der Waals surface area contributed by atoms with Crippen molar-refractivity contribution in [2.75, 3.05) is 6.61 Å². The summed E-state index contributed by atoms with van der Waals surface area (Å²) in [5.41, 5.74) is -19.3. The number of phenols is 18. The van der Waals surface area contributed by atoms with Crippen LogP contribution in [0.4, 0.5) is 0 Å². The zero-order valence-corrected chi connectivity index (χ0v) is 37.9. The van der Waals surface area contributed by atoms with Gasteiger partial charge in [0.15, 0.2) is 93.4 Å². The Morgan fingerprint density at radius 1 is 0.346 bits per heavy atom. The monoisotopic (exact) mass is 1090 g/mol. The van der Waals surface area contributed by atoms with Gasteiger partial charge in [-0.3, -0.25) is 0 Å². The summed E-state index contributed by atoms with van der Waals surface area (Å²) in [7, 11) is 0. The second-order valence-electron chi connectivity index (χ2n) is 17.4. The van der Waals surface area contributed by atoms with Gasteiger partial charge in [-0.1, -0.05) is 0 Å². The van der Waals surface area contributed by atoms with Crippen molar-refractivity contribution in [2.24, 2.45) is 0 Å². The van der Waals surface area contributed by atoms with E-state index in [4.69, 9.17) is 23.7 Å². The van der Waals surface area contributed by atoms with Crippen LogP contribution in [0.1, 0.15) is 79.2 Å². The number of cyclic esters (lactones) is 1. The van der Waals surface area contributed by atoms with Crippen LogP contribution in [-0.2, 0) is 23.7 Å². The number of esters is 5. The Bertz CT molecular complexity index is 3860. The molecule has 11 rings (SSSR count). The lowest BCUT2D eigenvalue weighted by molar-refractivity contribution is -0.135. The molecule has 6 bridgehead atoms. The largest absolute Gasteiger partial charge is 0.504 e. The van der Waals surface area contributed by atoms with Crippen molar-refractivity contribution in [2.45, 2.75) is 30.3 Å². The van der Waals surface area contributed by atoms with Crippen molar-refractivity contribution in [1.29, 1.82) is 0 Å². The average molecular weight is 1090 g/mol. The maximum Gasteiger partial charge on any atom is 0.340 e. The fourth-order valence-electron chi connectivity index (χ4n) is 9.87.